The molecule has 0 aliphatic carbocycles. The summed E-state index contributed by atoms with van der Waals surface area (Å²) >= 11 is 0. The average Bonchev–Trinajstić information content (AvgIpc) is 2.68. The molecule has 0 saturated carbocycles. The Kier molecular flexibility index (Phi) is 4.00. The molecule has 4 heteroatoms. The van der Waals surface area contributed by atoms with Gasteiger partial charge in [-0.1, -0.05) is 12.1 Å². The van der Waals surface area contributed by atoms with Crippen molar-refractivity contribution in [3.05, 3.63) is 52.8 Å². The van der Waals surface area contributed by atoms with Crippen LogP contribution in [0.3, 0.4) is 0 Å². The third kappa shape index (κ3) is 3.22. The van der Waals surface area contributed by atoms with E-state index in [0.717, 1.165) is 17.0 Å². The van der Waals surface area contributed by atoms with E-state index in [9.17, 15) is 4.79 Å². The normalized spacial score (nSPS) is 10.5. The van der Waals surface area contributed by atoms with Crippen LogP contribution in [0.2, 0.25) is 0 Å². The first-order chi connectivity index (χ1) is 9.10. The van der Waals surface area contributed by atoms with E-state index in [1.165, 1.54) is 0 Å². The van der Waals surface area contributed by atoms with Crippen LogP contribution in [0.15, 0.2) is 30.3 Å². The van der Waals surface area contributed by atoms with Gasteiger partial charge in [0.25, 0.3) is 5.91 Å². The van der Waals surface area contributed by atoms with Crippen molar-refractivity contribution in [1.82, 2.24) is 15.1 Å². The van der Waals surface area contributed by atoms with Crippen molar-refractivity contribution in [3.63, 3.8) is 0 Å². The predicted octanol–water partition coefficient (Wildman–Crippen LogP) is 2.30. The summed E-state index contributed by atoms with van der Waals surface area (Å²) in [6.45, 7) is 7.26. The van der Waals surface area contributed by atoms with E-state index in [0.29, 0.717) is 18.7 Å². The van der Waals surface area contributed by atoms with E-state index in [4.69, 9.17) is 0 Å². The second-order valence-corrected chi connectivity index (χ2v) is 4.64. The van der Waals surface area contributed by atoms with Crippen LogP contribution < -0.4 is 5.32 Å². The van der Waals surface area contributed by atoms with Gasteiger partial charge in [0.2, 0.25) is 0 Å². The quantitative estimate of drug-likeness (QED) is 0.913. The third-order valence-electron chi connectivity index (χ3n) is 2.96. The molecule has 0 aliphatic heterocycles. The van der Waals surface area contributed by atoms with Crippen molar-refractivity contribution in [2.75, 3.05) is 6.54 Å². The van der Waals surface area contributed by atoms with Crippen molar-refractivity contribution in [2.24, 2.45) is 0 Å². The molecule has 100 valence electrons. The van der Waals surface area contributed by atoms with Gasteiger partial charge >= 0.3 is 0 Å². The molecule has 0 spiro atoms. The standard InChI is InChI=1S/C15H19N3O/c1-4-16-15(19)14-7-5-6-13(9-14)10-18-12(3)8-11(2)17-18/h5-9H,4,10H2,1-3H3,(H,16,19). The largest absolute Gasteiger partial charge is 0.352 e. The Bertz CT molecular complexity index is 587. The second kappa shape index (κ2) is 5.69. The molecule has 0 unspecified atom stereocenters. The second-order valence-electron chi connectivity index (χ2n) is 4.64. The van der Waals surface area contributed by atoms with Crippen LogP contribution in [0, 0.1) is 13.8 Å². The minimum atomic E-state index is -0.0299. The van der Waals surface area contributed by atoms with Crippen molar-refractivity contribution in [1.29, 1.82) is 0 Å². The molecule has 1 aromatic heterocycles. The number of aromatic nitrogens is 2. The fraction of sp³-hybridized carbons (Fsp3) is 0.333. The lowest BCUT2D eigenvalue weighted by atomic mass is 10.1. The number of carbonyl (C=O) groups is 1. The van der Waals surface area contributed by atoms with Gasteiger partial charge in [0.15, 0.2) is 0 Å². The molecular weight excluding hydrogens is 238 g/mol. The van der Waals surface area contributed by atoms with Crippen molar-refractivity contribution in [3.8, 4) is 0 Å². The summed E-state index contributed by atoms with van der Waals surface area (Å²) in [5, 5.41) is 7.24. The van der Waals surface area contributed by atoms with Crippen LogP contribution in [0.4, 0.5) is 0 Å². The number of carbonyl (C=O) groups excluding carboxylic acids is 1. The van der Waals surface area contributed by atoms with E-state index in [1.807, 2.05) is 55.8 Å². The van der Waals surface area contributed by atoms with Crippen molar-refractivity contribution in [2.45, 2.75) is 27.3 Å². The summed E-state index contributed by atoms with van der Waals surface area (Å²) in [4.78, 5) is 11.8. The lowest BCUT2D eigenvalue weighted by Gasteiger charge is -2.07. The number of nitrogens with zero attached hydrogens (tertiary/aromatic N) is 2. The molecule has 19 heavy (non-hydrogen) atoms. The van der Waals surface area contributed by atoms with Gasteiger partial charge in [0.1, 0.15) is 0 Å². The van der Waals surface area contributed by atoms with Crippen LogP contribution >= 0.6 is 0 Å². The van der Waals surface area contributed by atoms with Gasteiger partial charge in [-0.25, -0.2) is 0 Å². The fourth-order valence-corrected chi connectivity index (χ4v) is 2.08. The summed E-state index contributed by atoms with van der Waals surface area (Å²) in [7, 11) is 0. The van der Waals surface area contributed by atoms with Gasteiger partial charge < -0.3 is 5.32 Å². The van der Waals surface area contributed by atoms with Crippen LogP contribution in [0.5, 0.6) is 0 Å². The molecule has 1 N–H and O–H groups in total. The van der Waals surface area contributed by atoms with E-state index >= 15 is 0 Å². The van der Waals surface area contributed by atoms with Crippen LogP contribution in [0.25, 0.3) is 0 Å². The molecule has 0 bridgehead atoms. The lowest BCUT2D eigenvalue weighted by Crippen LogP contribution is -2.22. The third-order valence-corrected chi connectivity index (χ3v) is 2.96. The van der Waals surface area contributed by atoms with Gasteiger partial charge in [-0.05, 0) is 44.5 Å². The first-order valence-electron chi connectivity index (χ1n) is 6.48. The molecule has 0 fully saturated rings. The highest BCUT2D eigenvalue weighted by atomic mass is 16.1. The molecular formula is C15H19N3O. The zero-order chi connectivity index (χ0) is 13.8. The van der Waals surface area contributed by atoms with Crippen molar-refractivity contribution >= 4 is 5.91 Å². The number of rotatable bonds is 4. The Morgan fingerprint density at radius 1 is 1.32 bits per heavy atom. The predicted molar refractivity (Wildman–Crippen MR) is 75.3 cm³/mol. The SMILES string of the molecule is CCNC(=O)c1cccc(Cn2nc(C)cc2C)c1. The van der Waals surface area contributed by atoms with Gasteiger partial charge in [-0.15, -0.1) is 0 Å². The first-order valence-corrected chi connectivity index (χ1v) is 6.48. The van der Waals surface area contributed by atoms with E-state index in [2.05, 4.69) is 10.4 Å². The molecule has 1 aromatic carbocycles. The maximum Gasteiger partial charge on any atom is 0.251 e. The highest BCUT2D eigenvalue weighted by Gasteiger charge is 2.06. The Balaban J connectivity index is 2.19. The molecule has 0 radical (unpaired) electrons. The molecule has 0 aliphatic rings. The van der Waals surface area contributed by atoms with Crippen LogP contribution in [-0.2, 0) is 6.54 Å². The Hall–Kier alpha value is -2.10. The maximum atomic E-state index is 11.8. The maximum absolute atomic E-state index is 11.8. The highest BCUT2D eigenvalue weighted by Crippen LogP contribution is 2.10. The molecule has 1 heterocycles. The lowest BCUT2D eigenvalue weighted by molar-refractivity contribution is 0.0955. The zero-order valence-corrected chi connectivity index (χ0v) is 11.6. The van der Waals surface area contributed by atoms with Gasteiger partial charge in [-0.3, -0.25) is 9.48 Å². The molecule has 0 atom stereocenters. The van der Waals surface area contributed by atoms with E-state index in [-0.39, 0.29) is 5.91 Å². The fourth-order valence-electron chi connectivity index (χ4n) is 2.08. The van der Waals surface area contributed by atoms with Gasteiger partial charge in [0, 0.05) is 17.8 Å². The van der Waals surface area contributed by atoms with E-state index < -0.39 is 0 Å². The summed E-state index contributed by atoms with van der Waals surface area (Å²) in [5.41, 5.74) is 3.91. The number of hydrogen-bond donors (Lipinski definition) is 1. The van der Waals surface area contributed by atoms with Crippen LogP contribution in [-0.4, -0.2) is 22.2 Å². The summed E-state index contributed by atoms with van der Waals surface area (Å²) in [6, 6.07) is 9.72. The zero-order valence-electron chi connectivity index (χ0n) is 11.6. The summed E-state index contributed by atoms with van der Waals surface area (Å²) < 4.78 is 1.95. The minimum Gasteiger partial charge on any atom is -0.352 e. The smallest absolute Gasteiger partial charge is 0.251 e. The number of benzene rings is 1. The minimum absolute atomic E-state index is 0.0299. The average molecular weight is 257 g/mol. The summed E-state index contributed by atoms with van der Waals surface area (Å²) in [6.07, 6.45) is 0. The van der Waals surface area contributed by atoms with E-state index in [1.54, 1.807) is 0 Å². The molecule has 1 amide bonds. The summed E-state index contributed by atoms with van der Waals surface area (Å²) in [5.74, 6) is -0.0299. The number of nitrogens with one attached hydrogen (secondary N) is 1. The monoisotopic (exact) mass is 257 g/mol. The van der Waals surface area contributed by atoms with Crippen LogP contribution in [0.1, 0.15) is 34.2 Å². The number of amides is 1. The molecule has 2 rings (SSSR count). The van der Waals surface area contributed by atoms with Crippen molar-refractivity contribution < 1.29 is 4.79 Å². The number of aryl methyl sites for hydroxylation is 2. The molecule has 0 saturated heterocycles. The Morgan fingerprint density at radius 2 is 2.11 bits per heavy atom. The molecule has 4 nitrogen and oxygen atoms in total. The number of hydrogen-bond acceptors (Lipinski definition) is 2. The first kappa shape index (κ1) is 13.3. The van der Waals surface area contributed by atoms with Gasteiger partial charge in [0.05, 0.1) is 12.2 Å². The topological polar surface area (TPSA) is 46.9 Å². The molecule has 2 aromatic rings. The van der Waals surface area contributed by atoms with Gasteiger partial charge in [-0.2, -0.15) is 5.10 Å². The highest BCUT2D eigenvalue weighted by molar-refractivity contribution is 5.94. The Labute approximate surface area is 113 Å². The Morgan fingerprint density at radius 3 is 2.74 bits per heavy atom.